The Kier molecular flexibility index (Phi) is 4.82. The molecule has 3 heteroatoms. The van der Waals surface area contributed by atoms with Crippen LogP contribution in [0.25, 0.3) is 0 Å². The number of rotatable bonds is 4. The molecule has 3 atom stereocenters. The van der Waals surface area contributed by atoms with Gasteiger partial charge < -0.3 is 5.73 Å². The molecule has 2 rings (SSSR count). The largest absolute Gasteiger partial charge is 0.330 e. The molecule has 0 radical (unpaired) electrons. The van der Waals surface area contributed by atoms with E-state index in [0.29, 0.717) is 18.0 Å². The Morgan fingerprint density at radius 3 is 2.61 bits per heavy atom. The van der Waals surface area contributed by atoms with Gasteiger partial charge in [0.15, 0.2) is 0 Å². The van der Waals surface area contributed by atoms with Gasteiger partial charge in [0.05, 0.1) is 0 Å². The molecular formula is C15H23BrN2. The van der Waals surface area contributed by atoms with Gasteiger partial charge in [0.2, 0.25) is 0 Å². The smallest absolute Gasteiger partial charge is 0.0319 e. The predicted molar refractivity (Wildman–Crippen MR) is 80.5 cm³/mol. The Hall–Kier alpha value is -0.380. The summed E-state index contributed by atoms with van der Waals surface area (Å²) < 4.78 is 1.14. The highest BCUT2D eigenvalue weighted by atomic mass is 79.9. The molecule has 0 saturated heterocycles. The Bertz CT molecular complexity index is 377. The molecule has 2 nitrogen and oxygen atoms in total. The van der Waals surface area contributed by atoms with E-state index < -0.39 is 0 Å². The van der Waals surface area contributed by atoms with Crippen molar-refractivity contribution >= 4 is 15.9 Å². The standard InChI is InChI=1S/C15H23BrN2/c1-11(12-6-8-14(16)9-7-12)18(2)15-5-3-4-13(15)10-17/h6-9,11,13,15H,3-5,10,17H2,1-2H3. The topological polar surface area (TPSA) is 29.3 Å². The number of nitrogens with two attached hydrogens (primary N) is 1. The molecule has 0 heterocycles. The fraction of sp³-hybridized carbons (Fsp3) is 0.600. The molecule has 2 N–H and O–H groups in total. The maximum absolute atomic E-state index is 5.89. The molecule has 18 heavy (non-hydrogen) atoms. The first kappa shape index (κ1) is 14.0. The molecule has 1 aliphatic rings. The van der Waals surface area contributed by atoms with E-state index in [1.807, 2.05) is 0 Å². The fourth-order valence-corrected chi connectivity index (χ4v) is 3.36. The van der Waals surface area contributed by atoms with Gasteiger partial charge in [-0.05, 0) is 57.0 Å². The summed E-state index contributed by atoms with van der Waals surface area (Å²) in [5.74, 6) is 0.674. The van der Waals surface area contributed by atoms with Crippen LogP contribution in [0.1, 0.15) is 37.8 Å². The monoisotopic (exact) mass is 310 g/mol. The zero-order chi connectivity index (χ0) is 13.1. The first-order valence-electron chi connectivity index (χ1n) is 6.81. The van der Waals surface area contributed by atoms with Crippen LogP contribution in [-0.2, 0) is 0 Å². The van der Waals surface area contributed by atoms with Crippen LogP contribution < -0.4 is 5.73 Å². The number of hydrogen-bond acceptors (Lipinski definition) is 2. The summed E-state index contributed by atoms with van der Waals surface area (Å²) in [5.41, 5.74) is 7.27. The average Bonchev–Trinajstić information content (AvgIpc) is 2.86. The molecule has 100 valence electrons. The lowest BCUT2D eigenvalue weighted by atomic mass is 9.99. The second kappa shape index (κ2) is 6.18. The first-order valence-corrected chi connectivity index (χ1v) is 7.60. The molecule has 0 aromatic heterocycles. The van der Waals surface area contributed by atoms with Crippen LogP contribution in [0.5, 0.6) is 0 Å². The molecule has 1 aromatic rings. The quantitative estimate of drug-likeness (QED) is 0.921. The summed E-state index contributed by atoms with van der Waals surface area (Å²) in [6, 6.07) is 9.75. The van der Waals surface area contributed by atoms with Crippen LogP contribution >= 0.6 is 15.9 Å². The fourth-order valence-electron chi connectivity index (χ4n) is 3.09. The van der Waals surface area contributed by atoms with Crippen molar-refractivity contribution in [3.8, 4) is 0 Å². The van der Waals surface area contributed by atoms with Gasteiger partial charge in [-0.2, -0.15) is 0 Å². The summed E-state index contributed by atoms with van der Waals surface area (Å²) in [6.07, 6.45) is 3.90. The lowest BCUT2D eigenvalue weighted by molar-refractivity contribution is 0.152. The highest BCUT2D eigenvalue weighted by Gasteiger charge is 2.31. The molecule has 1 fully saturated rings. The predicted octanol–water partition coefficient (Wildman–Crippen LogP) is 3.57. The Morgan fingerprint density at radius 2 is 2.00 bits per heavy atom. The third kappa shape index (κ3) is 2.95. The van der Waals surface area contributed by atoms with Crippen molar-refractivity contribution in [3.05, 3.63) is 34.3 Å². The van der Waals surface area contributed by atoms with Crippen molar-refractivity contribution in [1.82, 2.24) is 4.90 Å². The van der Waals surface area contributed by atoms with E-state index in [1.54, 1.807) is 0 Å². The van der Waals surface area contributed by atoms with Crippen LogP contribution in [0.15, 0.2) is 28.7 Å². The SMILES string of the molecule is CC(c1ccc(Br)cc1)N(C)C1CCCC1CN. The maximum Gasteiger partial charge on any atom is 0.0319 e. The molecule has 1 saturated carbocycles. The van der Waals surface area contributed by atoms with Crippen LogP contribution in [0.4, 0.5) is 0 Å². The highest BCUT2D eigenvalue weighted by Crippen LogP contribution is 2.33. The summed E-state index contributed by atoms with van der Waals surface area (Å²) in [7, 11) is 2.24. The summed E-state index contributed by atoms with van der Waals surface area (Å²) in [4.78, 5) is 2.51. The zero-order valence-electron chi connectivity index (χ0n) is 11.3. The minimum absolute atomic E-state index is 0.454. The van der Waals surface area contributed by atoms with Crippen molar-refractivity contribution in [1.29, 1.82) is 0 Å². The number of hydrogen-bond donors (Lipinski definition) is 1. The molecule has 3 unspecified atom stereocenters. The molecule has 0 bridgehead atoms. The minimum atomic E-state index is 0.454. The number of nitrogens with zero attached hydrogens (tertiary/aromatic N) is 1. The molecule has 1 aliphatic carbocycles. The van der Waals surface area contributed by atoms with Gasteiger partial charge in [-0.15, -0.1) is 0 Å². The second-order valence-electron chi connectivity index (χ2n) is 5.39. The second-order valence-corrected chi connectivity index (χ2v) is 6.30. The highest BCUT2D eigenvalue weighted by molar-refractivity contribution is 9.10. The van der Waals surface area contributed by atoms with Crippen molar-refractivity contribution in [2.75, 3.05) is 13.6 Å². The van der Waals surface area contributed by atoms with Crippen molar-refractivity contribution < 1.29 is 0 Å². The summed E-state index contributed by atoms with van der Waals surface area (Å²) in [6.45, 7) is 3.11. The van der Waals surface area contributed by atoms with E-state index in [1.165, 1.54) is 24.8 Å². The zero-order valence-corrected chi connectivity index (χ0v) is 12.9. The lowest BCUT2D eigenvalue weighted by Gasteiger charge is -2.34. The van der Waals surface area contributed by atoms with Crippen molar-refractivity contribution in [2.24, 2.45) is 11.7 Å². The van der Waals surface area contributed by atoms with Crippen LogP contribution in [0, 0.1) is 5.92 Å². The van der Waals surface area contributed by atoms with E-state index in [4.69, 9.17) is 5.73 Å². The van der Waals surface area contributed by atoms with E-state index in [9.17, 15) is 0 Å². The first-order chi connectivity index (χ1) is 8.63. The van der Waals surface area contributed by atoms with Gasteiger partial charge in [0.25, 0.3) is 0 Å². The average molecular weight is 311 g/mol. The molecule has 0 aliphatic heterocycles. The van der Waals surface area contributed by atoms with E-state index >= 15 is 0 Å². The Balaban J connectivity index is 2.08. The summed E-state index contributed by atoms with van der Waals surface area (Å²) >= 11 is 3.49. The van der Waals surface area contributed by atoms with Gasteiger partial charge >= 0.3 is 0 Å². The number of benzene rings is 1. The van der Waals surface area contributed by atoms with E-state index in [2.05, 4.69) is 59.1 Å². The van der Waals surface area contributed by atoms with Gasteiger partial charge in [0, 0.05) is 16.6 Å². The van der Waals surface area contributed by atoms with E-state index in [0.717, 1.165) is 11.0 Å². The minimum Gasteiger partial charge on any atom is -0.330 e. The maximum atomic E-state index is 5.89. The van der Waals surface area contributed by atoms with Crippen molar-refractivity contribution in [2.45, 2.75) is 38.3 Å². The van der Waals surface area contributed by atoms with Crippen LogP contribution in [-0.4, -0.2) is 24.5 Å². The summed E-state index contributed by atoms with van der Waals surface area (Å²) in [5, 5.41) is 0. The van der Waals surface area contributed by atoms with Gasteiger partial charge in [-0.25, -0.2) is 0 Å². The molecule has 1 aromatic carbocycles. The molecular weight excluding hydrogens is 288 g/mol. The Morgan fingerprint density at radius 1 is 1.33 bits per heavy atom. The molecule has 0 amide bonds. The van der Waals surface area contributed by atoms with Crippen LogP contribution in [0.3, 0.4) is 0 Å². The lowest BCUT2D eigenvalue weighted by Crippen LogP contribution is -2.39. The Labute approximate surface area is 119 Å². The van der Waals surface area contributed by atoms with Gasteiger partial charge in [-0.3, -0.25) is 4.90 Å². The third-order valence-corrected chi connectivity index (χ3v) is 4.94. The van der Waals surface area contributed by atoms with Gasteiger partial charge in [-0.1, -0.05) is 34.5 Å². The number of halogens is 1. The van der Waals surface area contributed by atoms with Crippen molar-refractivity contribution in [3.63, 3.8) is 0 Å². The normalized spacial score (nSPS) is 25.6. The van der Waals surface area contributed by atoms with Gasteiger partial charge in [0.1, 0.15) is 0 Å². The van der Waals surface area contributed by atoms with E-state index in [-0.39, 0.29) is 0 Å². The van der Waals surface area contributed by atoms with Crippen LogP contribution in [0.2, 0.25) is 0 Å². The molecule has 0 spiro atoms. The third-order valence-electron chi connectivity index (χ3n) is 4.41.